The molecule has 0 atom stereocenters. The maximum absolute atomic E-state index is 13.3. The number of aryl methyl sites for hydroxylation is 2. The zero-order chi connectivity index (χ0) is 23.6. The van der Waals surface area contributed by atoms with Crippen LogP contribution in [0.25, 0.3) is 17.2 Å². The Hall–Kier alpha value is -3.95. The van der Waals surface area contributed by atoms with E-state index < -0.39 is 5.41 Å². The Morgan fingerprint density at radius 2 is 2.03 bits per heavy atom. The number of fused-ring (bicyclic) bond motifs is 1. The maximum Gasteiger partial charge on any atom is 0.257 e. The molecule has 0 saturated carbocycles. The van der Waals surface area contributed by atoms with Crippen LogP contribution < -0.4 is 10.9 Å². The Labute approximate surface area is 190 Å². The second kappa shape index (κ2) is 8.89. The standard InChI is InChI=1S/C23H26N8O2/c1-5-6-7-15-21-25-12-27-31(21)11-16(28-15)19-29-20(26-13-32)18(22(33)30-19)23(3,4)17-9-8-14(2)10-24-17/h8-13H,5-7H2,1-4H3,(H2,26,29,30,32,33). The fraction of sp³-hybridized carbons (Fsp3) is 0.348. The highest BCUT2D eigenvalue weighted by Crippen LogP contribution is 2.32. The SMILES string of the molecule is CCCCc1nc(-c2nc(NC=O)c(C(C)(C)c3ccc(C)cn3)c(=O)[nH]2)cn2ncnc12. The minimum absolute atomic E-state index is 0.159. The predicted molar refractivity (Wildman–Crippen MR) is 124 cm³/mol. The van der Waals surface area contributed by atoms with Crippen molar-refractivity contribution in [2.75, 3.05) is 5.32 Å². The molecule has 0 fully saturated rings. The van der Waals surface area contributed by atoms with Crippen molar-refractivity contribution in [2.24, 2.45) is 0 Å². The van der Waals surface area contributed by atoms with Gasteiger partial charge < -0.3 is 10.3 Å². The second-order valence-electron chi connectivity index (χ2n) is 8.45. The molecule has 0 bridgehead atoms. The van der Waals surface area contributed by atoms with Gasteiger partial charge in [-0.15, -0.1) is 0 Å². The van der Waals surface area contributed by atoms with E-state index in [1.807, 2.05) is 32.9 Å². The summed E-state index contributed by atoms with van der Waals surface area (Å²) in [5, 5.41) is 6.82. The zero-order valence-electron chi connectivity index (χ0n) is 19.1. The molecule has 4 heterocycles. The Morgan fingerprint density at radius 1 is 1.21 bits per heavy atom. The van der Waals surface area contributed by atoms with Gasteiger partial charge in [0.05, 0.1) is 23.1 Å². The number of amides is 1. The van der Waals surface area contributed by atoms with Crippen molar-refractivity contribution in [3.63, 3.8) is 0 Å². The minimum Gasteiger partial charge on any atom is -0.313 e. The molecular formula is C23H26N8O2. The molecule has 0 saturated heterocycles. The lowest BCUT2D eigenvalue weighted by Crippen LogP contribution is -2.32. The van der Waals surface area contributed by atoms with E-state index in [1.165, 1.54) is 6.33 Å². The van der Waals surface area contributed by atoms with Crippen LogP contribution in [0.1, 0.15) is 56.1 Å². The summed E-state index contributed by atoms with van der Waals surface area (Å²) >= 11 is 0. The first-order chi connectivity index (χ1) is 15.8. The second-order valence-corrected chi connectivity index (χ2v) is 8.45. The molecule has 4 rings (SSSR count). The molecule has 0 unspecified atom stereocenters. The van der Waals surface area contributed by atoms with Crippen molar-refractivity contribution in [1.82, 2.24) is 34.5 Å². The van der Waals surface area contributed by atoms with Crippen molar-refractivity contribution < 1.29 is 4.79 Å². The monoisotopic (exact) mass is 446 g/mol. The van der Waals surface area contributed by atoms with Gasteiger partial charge >= 0.3 is 0 Å². The summed E-state index contributed by atoms with van der Waals surface area (Å²) in [6, 6.07) is 3.80. The molecule has 170 valence electrons. The maximum atomic E-state index is 13.3. The highest BCUT2D eigenvalue weighted by Gasteiger charge is 2.32. The van der Waals surface area contributed by atoms with Gasteiger partial charge in [0.2, 0.25) is 6.41 Å². The topological polar surface area (TPSA) is 131 Å². The van der Waals surface area contributed by atoms with Crippen LogP contribution >= 0.6 is 0 Å². The highest BCUT2D eigenvalue weighted by molar-refractivity contribution is 5.73. The molecule has 4 aromatic heterocycles. The van der Waals surface area contributed by atoms with E-state index >= 15 is 0 Å². The van der Waals surface area contributed by atoms with E-state index in [1.54, 1.807) is 16.9 Å². The first-order valence-corrected chi connectivity index (χ1v) is 10.8. The lowest BCUT2D eigenvalue weighted by atomic mass is 9.81. The molecule has 10 heteroatoms. The molecule has 33 heavy (non-hydrogen) atoms. The normalized spacial score (nSPS) is 11.6. The van der Waals surface area contributed by atoms with Crippen LogP contribution in [0.5, 0.6) is 0 Å². The molecule has 0 radical (unpaired) electrons. The molecule has 2 N–H and O–H groups in total. The molecule has 0 spiro atoms. The van der Waals surface area contributed by atoms with Gasteiger partial charge in [0.15, 0.2) is 11.5 Å². The zero-order valence-corrected chi connectivity index (χ0v) is 19.1. The fourth-order valence-corrected chi connectivity index (χ4v) is 3.82. The number of aromatic amines is 1. The van der Waals surface area contributed by atoms with Gasteiger partial charge in [-0.05, 0) is 45.2 Å². The molecule has 10 nitrogen and oxygen atoms in total. The van der Waals surface area contributed by atoms with E-state index in [0.29, 0.717) is 29.0 Å². The summed E-state index contributed by atoms with van der Waals surface area (Å²) in [6.45, 7) is 7.79. The van der Waals surface area contributed by atoms with Crippen LogP contribution in [0.2, 0.25) is 0 Å². The number of hydrogen-bond acceptors (Lipinski definition) is 7. The van der Waals surface area contributed by atoms with Crippen molar-refractivity contribution in [2.45, 2.75) is 52.4 Å². The summed E-state index contributed by atoms with van der Waals surface area (Å²) in [4.78, 5) is 45.6. The third kappa shape index (κ3) is 4.23. The summed E-state index contributed by atoms with van der Waals surface area (Å²) in [5.74, 6) is 0.391. The Balaban J connectivity index is 1.86. The van der Waals surface area contributed by atoms with Crippen molar-refractivity contribution in [3.8, 4) is 11.5 Å². The number of pyridine rings is 1. The summed E-state index contributed by atoms with van der Waals surface area (Å²) in [6.07, 6.45) is 8.05. The van der Waals surface area contributed by atoms with Crippen molar-refractivity contribution in [3.05, 3.63) is 63.7 Å². The number of anilines is 1. The van der Waals surface area contributed by atoms with Crippen LogP contribution in [0.3, 0.4) is 0 Å². The number of nitrogens with zero attached hydrogens (tertiary/aromatic N) is 6. The minimum atomic E-state index is -0.812. The van der Waals surface area contributed by atoms with Gasteiger partial charge in [-0.2, -0.15) is 5.10 Å². The summed E-state index contributed by atoms with van der Waals surface area (Å²) in [7, 11) is 0. The fourth-order valence-electron chi connectivity index (χ4n) is 3.82. The number of H-pyrrole nitrogens is 1. The van der Waals surface area contributed by atoms with Crippen molar-refractivity contribution >= 4 is 17.9 Å². The number of carbonyl (C=O) groups excluding carboxylic acids is 1. The highest BCUT2D eigenvalue weighted by atomic mass is 16.1. The summed E-state index contributed by atoms with van der Waals surface area (Å²) in [5.41, 5.74) is 2.69. The molecule has 1 amide bonds. The van der Waals surface area contributed by atoms with E-state index in [-0.39, 0.29) is 17.2 Å². The van der Waals surface area contributed by atoms with Crippen LogP contribution in [-0.4, -0.2) is 40.9 Å². The molecule has 0 aliphatic carbocycles. The Morgan fingerprint density at radius 3 is 2.73 bits per heavy atom. The predicted octanol–water partition coefficient (Wildman–Crippen LogP) is 2.81. The quantitative estimate of drug-likeness (QED) is 0.398. The number of nitrogens with one attached hydrogen (secondary N) is 2. The van der Waals surface area contributed by atoms with Gasteiger partial charge in [0, 0.05) is 11.6 Å². The molecule has 0 aromatic carbocycles. The lowest BCUT2D eigenvalue weighted by molar-refractivity contribution is -0.105. The van der Waals surface area contributed by atoms with Crippen LogP contribution in [0.4, 0.5) is 5.82 Å². The molecule has 0 aliphatic rings. The van der Waals surface area contributed by atoms with Crippen molar-refractivity contribution in [1.29, 1.82) is 0 Å². The third-order valence-electron chi connectivity index (χ3n) is 5.63. The average Bonchev–Trinajstić information content (AvgIpc) is 3.26. The number of carbonyl (C=O) groups is 1. The van der Waals surface area contributed by atoms with Gasteiger partial charge in [-0.3, -0.25) is 14.6 Å². The molecule has 0 aliphatic heterocycles. The number of unbranched alkanes of at least 4 members (excludes halogenated alkanes) is 1. The van der Waals surface area contributed by atoms with E-state index in [9.17, 15) is 9.59 Å². The van der Waals surface area contributed by atoms with E-state index in [0.717, 1.165) is 30.5 Å². The average molecular weight is 447 g/mol. The summed E-state index contributed by atoms with van der Waals surface area (Å²) < 4.78 is 1.62. The van der Waals surface area contributed by atoms with Crippen LogP contribution in [0.15, 0.2) is 35.6 Å². The van der Waals surface area contributed by atoms with Crippen LogP contribution in [0, 0.1) is 6.92 Å². The van der Waals surface area contributed by atoms with E-state index in [2.05, 4.69) is 37.3 Å². The first kappa shape index (κ1) is 22.3. The molecular weight excluding hydrogens is 420 g/mol. The van der Waals surface area contributed by atoms with Gasteiger partial charge in [0.1, 0.15) is 17.8 Å². The Kier molecular flexibility index (Phi) is 5.99. The first-order valence-electron chi connectivity index (χ1n) is 10.8. The van der Waals surface area contributed by atoms with Crippen LogP contribution in [-0.2, 0) is 16.6 Å². The van der Waals surface area contributed by atoms with Gasteiger partial charge in [-0.1, -0.05) is 19.4 Å². The number of rotatable bonds is 8. The van der Waals surface area contributed by atoms with Gasteiger partial charge in [0.25, 0.3) is 5.56 Å². The lowest BCUT2D eigenvalue weighted by Gasteiger charge is -2.25. The van der Waals surface area contributed by atoms with Gasteiger partial charge in [-0.25, -0.2) is 19.5 Å². The smallest absolute Gasteiger partial charge is 0.257 e. The largest absolute Gasteiger partial charge is 0.313 e. The van der Waals surface area contributed by atoms with E-state index in [4.69, 9.17) is 4.98 Å². The molecule has 4 aromatic rings. The third-order valence-corrected chi connectivity index (χ3v) is 5.63. The number of aromatic nitrogens is 7. The Bertz CT molecular complexity index is 1360. The number of hydrogen-bond donors (Lipinski definition) is 2.